The predicted molar refractivity (Wildman–Crippen MR) is 105 cm³/mol. The Bertz CT molecular complexity index is 874. The minimum Gasteiger partial charge on any atom is -0.326 e. The number of hydrogen-bond donors (Lipinski definition) is 1. The summed E-state index contributed by atoms with van der Waals surface area (Å²) in [6.45, 7) is 6.16. The monoisotopic (exact) mass is 374 g/mol. The van der Waals surface area contributed by atoms with Gasteiger partial charge in [0.15, 0.2) is 0 Å². The lowest BCUT2D eigenvalue weighted by Crippen LogP contribution is -2.28. The van der Waals surface area contributed by atoms with Crippen LogP contribution in [0.5, 0.6) is 0 Å². The summed E-state index contributed by atoms with van der Waals surface area (Å²) < 4.78 is 26.3. The van der Waals surface area contributed by atoms with Gasteiger partial charge < -0.3 is 5.32 Å². The van der Waals surface area contributed by atoms with Crippen molar-refractivity contribution >= 4 is 21.6 Å². The zero-order chi connectivity index (χ0) is 19.3. The third-order valence-electron chi connectivity index (χ3n) is 4.48. The van der Waals surface area contributed by atoms with E-state index in [9.17, 15) is 13.2 Å². The van der Waals surface area contributed by atoms with Gasteiger partial charge >= 0.3 is 0 Å². The highest BCUT2D eigenvalue weighted by Crippen LogP contribution is 2.19. The summed E-state index contributed by atoms with van der Waals surface area (Å²) in [7, 11) is -1.98. The summed E-state index contributed by atoms with van der Waals surface area (Å²) in [4.78, 5) is 12.4. The lowest BCUT2D eigenvalue weighted by Gasteiger charge is -2.17. The minimum atomic E-state index is -3.52. The van der Waals surface area contributed by atoms with E-state index in [0.29, 0.717) is 6.42 Å². The molecule has 0 aliphatic rings. The van der Waals surface area contributed by atoms with Crippen molar-refractivity contribution in [3.8, 4) is 0 Å². The molecule has 2 aromatic rings. The smallest absolute Gasteiger partial charge is 0.242 e. The molecule has 0 heterocycles. The Morgan fingerprint density at radius 2 is 1.69 bits per heavy atom. The number of benzene rings is 2. The number of carbonyl (C=O) groups is 1. The topological polar surface area (TPSA) is 66.5 Å². The molecule has 0 radical (unpaired) electrons. The molecular formula is C20H26N2O3S. The van der Waals surface area contributed by atoms with Crippen molar-refractivity contribution in [1.82, 2.24) is 4.31 Å². The van der Waals surface area contributed by atoms with E-state index in [4.69, 9.17) is 0 Å². The van der Waals surface area contributed by atoms with Crippen molar-refractivity contribution in [1.29, 1.82) is 0 Å². The van der Waals surface area contributed by atoms with E-state index in [-0.39, 0.29) is 23.8 Å². The minimum absolute atomic E-state index is 0.111. The molecule has 0 fully saturated rings. The van der Waals surface area contributed by atoms with Crippen molar-refractivity contribution < 1.29 is 13.2 Å². The third-order valence-corrected chi connectivity index (χ3v) is 6.36. The maximum Gasteiger partial charge on any atom is 0.242 e. The molecule has 0 aliphatic heterocycles. The van der Waals surface area contributed by atoms with Crippen LogP contribution in [0.4, 0.5) is 5.69 Å². The highest BCUT2D eigenvalue weighted by atomic mass is 32.2. The van der Waals surface area contributed by atoms with E-state index < -0.39 is 10.0 Å². The molecule has 0 aliphatic carbocycles. The maximum absolute atomic E-state index is 12.5. The molecule has 2 aromatic carbocycles. The van der Waals surface area contributed by atoms with Crippen LogP contribution < -0.4 is 5.32 Å². The summed E-state index contributed by atoms with van der Waals surface area (Å²) in [5, 5.41) is 2.89. The van der Waals surface area contributed by atoms with Gasteiger partial charge in [-0.15, -0.1) is 0 Å². The van der Waals surface area contributed by atoms with Gasteiger partial charge in [-0.05, 0) is 56.5 Å². The average Bonchev–Trinajstić information content (AvgIpc) is 2.59. The standard InChI is InChI=1S/C20H26N2O3S/c1-15-10-12-18(13-11-15)26(24,25)22(4)14-6-9-20(23)21-19-8-5-7-16(2)17(19)3/h5,7-8,10-13H,6,9,14H2,1-4H3,(H,21,23). The molecule has 0 bridgehead atoms. The Labute approximate surface area is 156 Å². The van der Waals surface area contributed by atoms with Crippen LogP contribution in [-0.4, -0.2) is 32.2 Å². The van der Waals surface area contributed by atoms with E-state index >= 15 is 0 Å². The first-order valence-electron chi connectivity index (χ1n) is 8.61. The summed E-state index contributed by atoms with van der Waals surface area (Å²) in [6.07, 6.45) is 0.722. The first kappa shape index (κ1) is 20.1. The fourth-order valence-corrected chi connectivity index (χ4v) is 3.78. The molecule has 0 aromatic heterocycles. The predicted octanol–water partition coefficient (Wildman–Crippen LogP) is 3.65. The highest BCUT2D eigenvalue weighted by molar-refractivity contribution is 7.89. The van der Waals surface area contributed by atoms with Crippen molar-refractivity contribution in [2.75, 3.05) is 18.9 Å². The Morgan fingerprint density at radius 1 is 1.04 bits per heavy atom. The van der Waals surface area contributed by atoms with Crippen LogP contribution in [-0.2, 0) is 14.8 Å². The van der Waals surface area contributed by atoms with Gasteiger partial charge in [0.05, 0.1) is 4.90 Å². The molecule has 0 spiro atoms. The molecule has 1 amide bonds. The van der Waals surface area contributed by atoms with E-state index in [1.54, 1.807) is 24.3 Å². The number of carbonyl (C=O) groups excluding carboxylic acids is 1. The van der Waals surface area contributed by atoms with Gasteiger partial charge in [-0.25, -0.2) is 12.7 Å². The van der Waals surface area contributed by atoms with E-state index in [1.165, 1.54) is 11.4 Å². The summed E-state index contributed by atoms with van der Waals surface area (Å²) in [6, 6.07) is 12.5. The molecule has 140 valence electrons. The van der Waals surface area contributed by atoms with Crippen LogP contribution in [0.15, 0.2) is 47.4 Å². The van der Waals surface area contributed by atoms with Crippen LogP contribution in [0.2, 0.25) is 0 Å². The molecule has 0 saturated carbocycles. The molecule has 2 rings (SSSR count). The Morgan fingerprint density at radius 3 is 2.35 bits per heavy atom. The summed E-state index contributed by atoms with van der Waals surface area (Å²) in [5.41, 5.74) is 3.97. The second-order valence-corrected chi connectivity index (χ2v) is 8.58. The number of nitrogens with zero attached hydrogens (tertiary/aromatic N) is 1. The molecule has 6 heteroatoms. The number of sulfonamides is 1. The number of amides is 1. The number of hydrogen-bond acceptors (Lipinski definition) is 3. The van der Waals surface area contributed by atoms with Crippen LogP contribution >= 0.6 is 0 Å². The first-order chi connectivity index (χ1) is 12.2. The lowest BCUT2D eigenvalue weighted by atomic mass is 10.1. The van der Waals surface area contributed by atoms with Gasteiger partial charge in [0.2, 0.25) is 15.9 Å². The van der Waals surface area contributed by atoms with Crippen molar-refractivity contribution in [3.05, 3.63) is 59.2 Å². The largest absolute Gasteiger partial charge is 0.326 e. The second-order valence-electron chi connectivity index (χ2n) is 6.54. The van der Waals surface area contributed by atoms with Gasteiger partial charge in [0, 0.05) is 25.7 Å². The molecule has 0 unspecified atom stereocenters. The molecule has 0 atom stereocenters. The Balaban J connectivity index is 1.89. The molecule has 1 N–H and O–H groups in total. The Kier molecular flexibility index (Phi) is 6.56. The van der Waals surface area contributed by atoms with Crippen LogP contribution in [0.3, 0.4) is 0 Å². The zero-order valence-corrected chi connectivity index (χ0v) is 16.6. The van der Waals surface area contributed by atoms with E-state index in [2.05, 4.69) is 5.32 Å². The van der Waals surface area contributed by atoms with Crippen molar-refractivity contribution in [2.45, 2.75) is 38.5 Å². The quantitative estimate of drug-likeness (QED) is 0.804. The fraction of sp³-hybridized carbons (Fsp3) is 0.350. The lowest BCUT2D eigenvalue weighted by molar-refractivity contribution is -0.116. The molecule has 26 heavy (non-hydrogen) atoms. The van der Waals surface area contributed by atoms with Crippen LogP contribution in [0.25, 0.3) is 0 Å². The normalized spacial score (nSPS) is 11.6. The van der Waals surface area contributed by atoms with Gasteiger partial charge in [-0.2, -0.15) is 0 Å². The number of anilines is 1. The third kappa shape index (κ3) is 4.93. The first-order valence-corrected chi connectivity index (χ1v) is 10.0. The fourth-order valence-electron chi connectivity index (χ4n) is 2.57. The molecular weight excluding hydrogens is 348 g/mol. The number of nitrogens with one attached hydrogen (secondary N) is 1. The molecule has 5 nitrogen and oxygen atoms in total. The van der Waals surface area contributed by atoms with Crippen LogP contribution in [0, 0.1) is 20.8 Å². The van der Waals surface area contributed by atoms with E-state index in [1.807, 2.05) is 39.0 Å². The van der Waals surface area contributed by atoms with E-state index in [0.717, 1.165) is 22.4 Å². The summed E-state index contributed by atoms with van der Waals surface area (Å²) in [5.74, 6) is -0.111. The van der Waals surface area contributed by atoms with Gasteiger partial charge in [0.1, 0.15) is 0 Å². The zero-order valence-electron chi connectivity index (χ0n) is 15.7. The van der Waals surface area contributed by atoms with Gasteiger partial charge in [-0.1, -0.05) is 29.8 Å². The summed E-state index contributed by atoms with van der Waals surface area (Å²) >= 11 is 0. The SMILES string of the molecule is Cc1ccc(S(=O)(=O)N(C)CCCC(=O)Nc2cccc(C)c2C)cc1. The van der Waals surface area contributed by atoms with Crippen LogP contribution in [0.1, 0.15) is 29.5 Å². The average molecular weight is 375 g/mol. The molecule has 0 saturated heterocycles. The van der Waals surface area contributed by atoms with Crippen molar-refractivity contribution in [2.24, 2.45) is 0 Å². The Hall–Kier alpha value is -2.18. The number of aryl methyl sites for hydroxylation is 2. The number of rotatable bonds is 7. The van der Waals surface area contributed by atoms with Gasteiger partial charge in [-0.3, -0.25) is 4.79 Å². The highest BCUT2D eigenvalue weighted by Gasteiger charge is 2.20. The van der Waals surface area contributed by atoms with Crippen molar-refractivity contribution in [3.63, 3.8) is 0 Å². The van der Waals surface area contributed by atoms with Gasteiger partial charge in [0.25, 0.3) is 0 Å². The maximum atomic E-state index is 12.5. The second kappa shape index (κ2) is 8.47.